The summed E-state index contributed by atoms with van der Waals surface area (Å²) in [6.07, 6.45) is 0. The van der Waals surface area contributed by atoms with E-state index in [1.54, 1.807) is 18.2 Å². The van der Waals surface area contributed by atoms with Crippen LogP contribution in [0.25, 0.3) is 11.3 Å². The zero-order valence-electron chi connectivity index (χ0n) is 16.0. The van der Waals surface area contributed by atoms with Crippen molar-refractivity contribution < 1.29 is 22.6 Å². The Hall–Kier alpha value is -3.17. The topological polar surface area (TPSA) is 99.6 Å². The van der Waals surface area contributed by atoms with Gasteiger partial charge in [0.05, 0.1) is 19.9 Å². The first-order valence-electron chi connectivity index (χ1n) is 8.77. The third-order valence-corrected chi connectivity index (χ3v) is 5.51. The highest BCUT2D eigenvalue weighted by atomic mass is 32.2. The Morgan fingerprint density at radius 3 is 2.38 bits per heavy atom. The molecule has 0 saturated heterocycles. The van der Waals surface area contributed by atoms with Gasteiger partial charge in [-0.15, -0.1) is 10.2 Å². The molecule has 0 amide bonds. The van der Waals surface area contributed by atoms with Crippen LogP contribution in [0.1, 0.15) is 0 Å². The lowest BCUT2D eigenvalue weighted by Crippen LogP contribution is -2.28. The molecule has 0 spiro atoms. The van der Waals surface area contributed by atoms with E-state index in [1.165, 1.54) is 26.4 Å². The van der Waals surface area contributed by atoms with E-state index in [2.05, 4.69) is 14.9 Å². The SMILES string of the molecule is COc1ccc(S(=O)(=O)NCCOc2ccc(-c3ccccc3)nn2)c(OC)c1. The van der Waals surface area contributed by atoms with E-state index in [4.69, 9.17) is 14.2 Å². The van der Waals surface area contributed by atoms with E-state index in [1.807, 2.05) is 30.3 Å². The average Bonchev–Trinajstić information content (AvgIpc) is 2.77. The van der Waals surface area contributed by atoms with Crippen LogP contribution in [0.15, 0.2) is 65.6 Å². The number of hydrogen-bond acceptors (Lipinski definition) is 7. The molecule has 152 valence electrons. The predicted molar refractivity (Wildman–Crippen MR) is 108 cm³/mol. The standard InChI is InChI=1S/C20H21N3O5S/c1-26-16-8-10-19(18(14-16)27-2)29(24,25)21-12-13-28-20-11-9-17(22-23-20)15-6-4-3-5-7-15/h3-11,14,21H,12-13H2,1-2H3. The van der Waals surface area contributed by atoms with E-state index >= 15 is 0 Å². The van der Waals surface area contributed by atoms with Gasteiger partial charge in [0.25, 0.3) is 0 Å². The molecule has 29 heavy (non-hydrogen) atoms. The summed E-state index contributed by atoms with van der Waals surface area (Å²) in [5.41, 5.74) is 1.68. The highest BCUT2D eigenvalue weighted by molar-refractivity contribution is 7.89. The number of benzene rings is 2. The Balaban J connectivity index is 1.56. The zero-order chi connectivity index (χ0) is 20.7. The lowest BCUT2D eigenvalue weighted by atomic mass is 10.1. The lowest BCUT2D eigenvalue weighted by Gasteiger charge is -2.12. The number of sulfonamides is 1. The number of nitrogens with one attached hydrogen (secondary N) is 1. The first-order valence-corrected chi connectivity index (χ1v) is 10.3. The second-order valence-corrected chi connectivity index (χ2v) is 7.62. The molecule has 0 unspecified atom stereocenters. The minimum Gasteiger partial charge on any atom is -0.497 e. The van der Waals surface area contributed by atoms with Gasteiger partial charge in [-0.2, -0.15) is 0 Å². The van der Waals surface area contributed by atoms with Crippen LogP contribution < -0.4 is 18.9 Å². The third-order valence-electron chi connectivity index (χ3n) is 4.01. The first-order chi connectivity index (χ1) is 14.0. The molecule has 3 rings (SSSR count). The van der Waals surface area contributed by atoms with Gasteiger partial charge in [-0.3, -0.25) is 0 Å². The van der Waals surface area contributed by atoms with E-state index in [-0.39, 0.29) is 23.8 Å². The molecule has 9 heteroatoms. The molecule has 8 nitrogen and oxygen atoms in total. The van der Waals surface area contributed by atoms with Crippen LogP contribution in [0.3, 0.4) is 0 Å². The van der Waals surface area contributed by atoms with Crippen molar-refractivity contribution in [3.8, 4) is 28.6 Å². The van der Waals surface area contributed by atoms with Crippen LogP contribution >= 0.6 is 0 Å². The van der Waals surface area contributed by atoms with Crippen molar-refractivity contribution in [2.75, 3.05) is 27.4 Å². The number of ether oxygens (including phenoxy) is 3. The number of aromatic nitrogens is 2. The summed E-state index contributed by atoms with van der Waals surface area (Å²) >= 11 is 0. The quantitative estimate of drug-likeness (QED) is 0.536. The van der Waals surface area contributed by atoms with Crippen LogP contribution in [0, 0.1) is 0 Å². The minimum atomic E-state index is -3.77. The van der Waals surface area contributed by atoms with Gasteiger partial charge in [0.2, 0.25) is 15.9 Å². The lowest BCUT2D eigenvalue weighted by molar-refractivity contribution is 0.307. The van der Waals surface area contributed by atoms with Gasteiger partial charge < -0.3 is 14.2 Å². The van der Waals surface area contributed by atoms with Crippen molar-refractivity contribution >= 4 is 10.0 Å². The van der Waals surface area contributed by atoms with Crippen LogP contribution in [-0.4, -0.2) is 46.0 Å². The molecule has 0 aliphatic rings. The van der Waals surface area contributed by atoms with Crippen molar-refractivity contribution in [2.24, 2.45) is 0 Å². The minimum absolute atomic E-state index is 0.0211. The maximum Gasteiger partial charge on any atom is 0.244 e. The number of rotatable bonds is 9. The number of nitrogens with zero attached hydrogens (tertiary/aromatic N) is 2. The van der Waals surface area contributed by atoms with Crippen molar-refractivity contribution in [3.05, 3.63) is 60.7 Å². The zero-order valence-corrected chi connectivity index (χ0v) is 16.8. The summed E-state index contributed by atoms with van der Waals surface area (Å²) in [7, 11) is -0.880. The Labute approximate surface area is 169 Å². The largest absolute Gasteiger partial charge is 0.497 e. The van der Waals surface area contributed by atoms with Gasteiger partial charge in [0, 0.05) is 24.2 Å². The summed E-state index contributed by atoms with van der Waals surface area (Å²) in [4.78, 5) is 0.0211. The molecule has 0 aliphatic heterocycles. The van der Waals surface area contributed by atoms with Gasteiger partial charge in [-0.1, -0.05) is 30.3 Å². The van der Waals surface area contributed by atoms with Gasteiger partial charge >= 0.3 is 0 Å². The Morgan fingerprint density at radius 1 is 0.931 bits per heavy atom. The molecule has 0 bridgehead atoms. The van der Waals surface area contributed by atoms with Crippen molar-refractivity contribution in [2.45, 2.75) is 4.90 Å². The van der Waals surface area contributed by atoms with Crippen LogP contribution in [0.4, 0.5) is 0 Å². The Morgan fingerprint density at radius 2 is 1.72 bits per heavy atom. The summed E-state index contributed by atoms with van der Waals surface area (Å²) in [5, 5.41) is 8.13. The summed E-state index contributed by atoms with van der Waals surface area (Å²) in [6, 6.07) is 17.6. The summed E-state index contributed by atoms with van der Waals surface area (Å²) < 4.78 is 43.2. The Kier molecular flexibility index (Phi) is 6.63. The van der Waals surface area contributed by atoms with E-state index < -0.39 is 10.0 Å². The molecular weight excluding hydrogens is 394 g/mol. The number of methoxy groups -OCH3 is 2. The molecule has 0 radical (unpaired) electrons. The van der Waals surface area contributed by atoms with Crippen LogP contribution in [0.2, 0.25) is 0 Å². The molecule has 0 fully saturated rings. The third kappa shape index (κ3) is 5.21. The molecule has 1 N–H and O–H groups in total. The molecule has 0 saturated carbocycles. The molecule has 0 atom stereocenters. The van der Waals surface area contributed by atoms with Crippen molar-refractivity contribution in [3.63, 3.8) is 0 Å². The van der Waals surface area contributed by atoms with E-state index in [0.29, 0.717) is 11.6 Å². The van der Waals surface area contributed by atoms with Gasteiger partial charge in [-0.05, 0) is 18.2 Å². The van der Waals surface area contributed by atoms with Gasteiger partial charge in [0.15, 0.2) is 0 Å². The Bertz CT molecular complexity index is 1040. The molecular formula is C20H21N3O5S. The summed E-state index contributed by atoms with van der Waals surface area (Å²) in [6.45, 7) is 0.150. The number of hydrogen-bond donors (Lipinski definition) is 1. The molecule has 1 heterocycles. The average molecular weight is 415 g/mol. The van der Waals surface area contributed by atoms with Crippen LogP contribution in [-0.2, 0) is 10.0 Å². The fraction of sp³-hybridized carbons (Fsp3) is 0.200. The van der Waals surface area contributed by atoms with Gasteiger partial charge in [-0.25, -0.2) is 13.1 Å². The maximum atomic E-state index is 12.5. The second kappa shape index (κ2) is 9.35. The predicted octanol–water partition coefficient (Wildman–Crippen LogP) is 2.52. The van der Waals surface area contributed by atoms with Crippen molar-refractivity contribution in [1.82, 2.24) is 14.9 Å². The van der Waals surface area contributed by atoms with Gasteiger partial charge in [0.1, 0.15) is 23.0 Å². The molecule has 1 aromatic heterocycles. The molecule has 2 aromatic carbocycles. The molecule has 3 aromatic rings. The monoisotopic (exact) mass is 415 g/mol. The molecule has 0 aliphatic carbocycles. The maximum absolute atomic E-state index is 12.5. The highest BCUT2D eigenvalue weighted by Crippen LogP contribution is 2.28. The van der Waals surface area contributed by atoms with Crippen LogP contribution in [0.5, 0.6) is 17.4 Å². The van der Waals surface area contributed by atoms with Crippen molar-refractivity contribution in [1.29, 1.82) is 0 Å². The van der Waals surface area contributed by atoms with E-state index in [9.17, 15) is 8.42 Å². The normalized spacial score (nSPS) is 11.1. The highest BCUT2D eigenvalue weighted by Gasteiger charge is 2.19. The summed E-state index contributed by atoms with van der Waals surface area (Å²) in [5.74, 6) is 1.01. The second-order valence-electron chi connectivity index (χ2n) is 5.89. The first kappa shape index (κ1) is 20.6. The smallest absolute Gasteiger partial charge is 0.244 e. The fourth-order valence-corrected chi connectivity index (χ4v) is 3.73. The fourth-order valence-electron chi connectivity index (χ4n) is 2.57. The van der Waals surface area contributed by atoms with E-state index in [0.717, 1.165) is 11.3 Å².